The second kappa shape index (κ2) is 5.39. The molecule has 1 aromatic rings. The minimum Gasteiger partial charge on any atom is -0.293 e. The van der Waals surface area contributed by atoms with E-state index in [4.69, 9.17) is 0 Å². The fourth-order valence-electron chi connectivity index (χ4n) is 1.02. The van der Waals surface area contributed by atoms with Gasteiger partial charge in [-0.3, -0.25) is 13.8 Å². The molecule has 19 heavy (non-hydrogen) atoms. The van der Waals surface area contributed by atoms with Gasteiger partial charge in [0, 0.05) is 0 Å². The van der Waals surface area contributed by atoms with Gasteiger partial charge in [-0.1, -0.05) is 0 Å². The van der Waals surface area contributed by atoms with Crippen molar-refractivity contribution in [2.45, 2.75) is 16.8 Å². The predicted octanol–water partition coefficient (Wildman–Crippen LogP) is 1.79. The second-order valence-electron chi connectivity index (χ2n) is 3.26. The molecule has 106 valence electrons. The molecule has 0 spiro atoms. The van der Waals surface area contributed by atoms with Gasteiger partial charge in [0.1, 0.15) is 4.21 Å². The van der Waals surface area contributed by atoms with Crippen molar-refractivity contribution in [2.24, 2.45) is 0 Å². The average Bonchev–Trinajstić information content (AvgIpc) is 2.77. The Morgan fingerprint density at radius 3 is 2.37 bits per heavy atom. The molecule has 5 nitrogen and oxygen atoms in total. The molecule has 0 aromatic carbocycles. The summed E-state index contributed by atoms with van der Waals surface area (Å²) >= 11 is 0.443. The highest BCUT2D eigenvalue weighted by molar-refractivity contribution is 7.89. The van der Waals surface area contributed by atoms with Crippen LogP contribution in [0.25, 0.3) is 0 Å². The van der Waals surface area contributed by atoms with Crippen LogP contribution in [0.4, 0.5) is 13.2 Å². The van der Waals surface area contributed by atoms with Crippen molar-refractivity contribution >= 4 is 33.0 Å². The molecular formula is C9H7F3O5S2. The van der Waals surface area contributed by atoms with E-state index in [1.54, 1.807) is 0 Å². The summed E-state index contributed by atoms with van der Waals surface area (Å²) in [7, 11) is -3.10. The Morgan fingerprint density at radius 2 is 1.89 bits per heavy atom. The van der Waals surface area contributed by atoms with Gasteiger partial charge >= 0.3 is 16.3 Å². The number of alkyl halides is 3. The highest BCUT2D eigenvalue weighted by atomic mass is 32.3. The van der Waals surface area contributed by atoms with E-state index in [1.807, 2.05) is 0 Å². The zero-order valence-corrected chi connectivity index (χ0v) is 11.0. The van der Waals surface area contributed by atoms with Crippen LogP contribution >= 0.6 is 11.3 Å². The van der Waals surface area contributed by atoms with E-state index in [-0.39, 0.29) is 9.09 Å². The van der Waals surface area contributed by atoms with Crippen molar-refractivity contribution in [2.75, 3.05) is 7.11 Å². The molecule has 0 unspecified atom stereocenters. The molecule has 0 saturated carbocycles. The molecule has 1 aromatic heterocycles. The number of thiophene rings is 1. The molecule has 0 N–H and O–H groups in total. The van der Waals surface area contributed by atoms with Crippen LogP contribution in [0.15, 0.2) is 16.3 Å². The van der Waals surface area contributed by atoms with Gasteiger partial charge in [0.05, 0.1) is 18.4 Å². The summed E-state index contributed by atoms with van der Waals surface area (Å²) in [6.07, 6.45) is -6.44. The number of hydrogen-bond donors (Lipinski definition) is 0. The van der Waals surface area contributed by atoms with E-state index in [9.17, 15) is 31.2 Å². The number of hydrogen-bond acceptors (Lipinski definition) is 6. The van der Waals surface area contributed by atoms with Crippen LogP contribution in [-0.2, 0) is 19.1 Å². The minimum atomic E-state index is -5.09. The van der Waals surface area contributed by atoms with Gasteiger partial charge in [-0.05, 0) is 12.1 Å². The molecule has 10 heteroatoms. The Bertz CT molecular complexity index is 600. The Hall–Kier alpha value is -1.26. The van der Waals surface area contributed by atoms with E-state index in [0.717, 1.165) is 19.2 Å². The summed E-state index contributed by atoms with van der Waals surface area (Å²) in [6, 6.07) is 2.05. The van der Waals surface area contributed by atoms with E-state index in [2.05, 4.69) is 4.18 Å². The summed E-state index contributed by atoms with van der Waals surface area (Å²) < 4.78 is 62.2. The van der Waals surface area contributed by atoms with Crippen LogP contribution < -0.4 is 0 Å². The number of rotatable bonds is 5. The van der Waals surface area contributed by atoms with Gasteiger partial charge < -0.3 is 0 Å². The van der Waals surface area contributed by atoms with Gasteiger partial charge in [-0.25, -0.2) is 0 Å². The maximum atomic E-state index is 12.0. The number of halogens is 3. The lowest BCUT2D eigenvalue weighted by Gasteiger charge is -2.02. The summed E-state index contributed by atoms with van der Waals surface area (Å²) in [5.41, 5.74) is 0. The van der Waals surface area contributed by atoms with Crippen molar-refractivity contribution in [1.82, 2.24) is 0 Å². The molecule has 0 bridgehead atoms. The molecule has 0 amide bonds. The smallest absolute Gasteiger partial charge is 0.293 e. The first-order valence-corrected chi connectivity index (χ1v) is 6.84. The first kappa shape index (κ1) is 15.8. The van der Waals surface area contributed by atoms with Gasteiger partial charge in [0.25, 0.3) is 0 Å². The molecule has 0 radical (unpaired) electrons. The van der Waals surface area contributed by atoms with Crippen molar-refractivity contribution in [3.05, 3.63) is 17.0 Å². The highest BCUT2D eigenvalue weighted by Crippen LogP contribution is 2.25. The fraction of sp³-hybridized carbons (Fsp3) is 0.333. The summed E-state index contributed by atoms with van der Waals surface area (Å²) in [5, 5.41) is 0. The molecule has 0 aliphatic carbocycles. The van der Waals surface area contributed by atoms with Crippen LogP contribution in [0.3, 0.4) is 0 Å². The van der Waals surface area contributed by atoms with Crippen LogP contribution in [0.2, 0.25) is 0 Å². The SMILES string of the molecule is COS(=O)(=O)c1ccc(C(=O)CC(=O)C(F)(F)F)s1. The monoisotopic (exact) mass is 316 g/mol. The molecular weight excluding hydrogens is 309 g/mol. The molecule has 0 atom stereocenters. The lowest BCUT2D eigenvalue weighted by Crippen LogP contribution is -2.25. The third-order valence-electron chi connectivity index (χ3n) is 1.96. The van der Waals surface area contributed by atoms with Crippen molar-refractivity contribution in [1.29, 1.82) is 0 Å². The first-order valence-electron chi connectivity index (χ1n) is 4.61. The quantitative estimate of drug-likeness (QED) is 0.470. The number of ketones is 2. The number of carbonyl (C=O) groups excluding carboxylic acids is 2. The molecule has 0 fully saturated rings. The van der Waals surface area contributed by atoms with E-state index in [1.165, 1.54) is 0 Å². The van der Waals surface area contributed by atoms with Crippen LogP contribution in [0.1, 0.15) is 16.1 Å². The largest absolute Gasteiger partial charge is 0.450 e. The van der Waals surface area contributed by atoms with Crippen LogP contribution in [0.5, 0.6) is 0 Å². The summed E-state index contributed by atoms with van der Waals surface area (Å²) in [5.74, 6) is -3.27. The van der Waals surface area contributed by atoms with E-state index < -0.39 is 34.3 Å². The molecule has 0 aliphatic heterocycles. The molecule has 1 rings (SSSR count). The Balaban J connectivity index is 2.89. The first-order chi connectivity index (χ1) is 8.58. The maximum Gasteiger partial charge on any atom is 0.450 e. The molecule has 0 aliphatic rings. The lowest BCUT2D eigenvalue weighted by atomic mass is 10.2. The molecule has 1 heterocycles. The van der Waals surface area contributed by atoms with Crippen molar-refractivity contribution in [3.63, 3.8) is 0 Å². The van der Waals surface area contributed by atoms with Gasteiger partial charge in [0.2, 0.25) is 5.78 Å². The number of carbonyl (C=O) groups is 2. The Morgan fingerprint density at radius 1 is 1.32 bits per heavy atom. The van der Waals surface area contributed by atoms with Gasteiger partial charge in [0.15, 0.2) is 5.78 Å². The maximum absolute atomic E-state index is 12.0. The third kappa shape index (κ3) is 3.85. The highest BCUT2D eigenvalue weighted by Gasteiger charge is 2.39. The third-order valence-corrected chi connectivity index (χ3v) is 4.81. The normalized spacial score (nSPS) is 12.4. The Kier molecular flexibility index (Phi) is 4.48. The van der Waals surface area contributed by atoms with Gasteiger partial charge in [-0.15, -0.1) is 11.3 Å². The summed E-state index contributed by atoms with van der Waals surface area (Å²) in [6.45, 7) is 0. The van der Waals surface area contributed by atoms with Crippen molar-refractivity contribution < 1.29 is 35.4 Å². The zero-order chi connectivity index (χ0) is 14.8. The predicted molar refractivity (Wildman–Crippen MR) is 58.5 cm³/mol. The van der Waals surface area contributed by atoms with Crippen LogP contribution in [0, 0.1) is 0 Å². The fourth-order valence-corrected chi connectivity index (χ4v) is 2.98. The van der Waals surface area contributed by atoms with Crippen LogP contribution in [-0.4, -0.2) is 33.3 Å². The van der Waals surface area contributed by atoms with Crippen molar-refractivity contribution in [3.8, 4) is 0 Å². The van der Waals surface area contributed by atoms with E-state index in [0.29, 0.717) is 11.3 Å². The summed E-state index contributed by atoms with van der Waals surface area (Å²) in [4.78, 5) is 21.8. The topological polar surface area (TPSA) is 77.5 Å². The van der Waals surface area contributed by atoms with Gasteiger partial charge in [-0.2, -0.15) is 21.6 Å². The average molecular weight is 316 g/mol. The second-order valence-corrected chi connectivity index (χ2v) is 6.28. The van der Waals surface area contributed by atoms with E-state index >= 15 is 0 Å². The zero-order valence-electron chi connectivity index (χ0n) is 9.35. The standard InChI is InChI=1S/C9H7F3O5S2/c1-17-19(15,16)8-3-2-6(18-8)5(13)4-7(14)9(10,11)12/h2-3H,4H2,1H3. The minimum absolute atomic E-state index is 0.256. The Labute approximate surface area is 110 Å². The molecule has 0 saturated heterocycles. The number of Topliss-reactive ketones (excluding diaryl/α,β-unsaturated/α-hetero) is 2. The lowest BCUT2D eigenvalue weighted by molar-refractivity contribution is -0.170.